The van der Waals surface area contributed by atoms with Gasteiger partial charge in [-0.05, 0) is 17.7 Å². The molecular formula is C21H17BrF3N3O5. The molecule has 2 aromatic carbocycles. The summed E-state index contributed by atoms with van der Waals surface area (Å²) in [5, 5.41) is 2.39. The molecule has 0 atom stereocenters. The predicted octanol–water partition coefficient (Wildman–Crippen LogP) is 3.30. The minimum atomic E-state index is -4.93. The largest absolute Gasteiger partial charge is 0.573 e. The van der Waals surface area contributed by atoms with Crippen LogP contribution in [0.4, 0.5) is 13.2 Å². The van der Waals surface area contributed by atoms with E-state index in [1.54, 1.807) is 0 Å². The quantitative estimate of drug-likeness (QED) is 0.468. The van der Waals surface area contributed by atoms with Gasteiger partial charge in [-0.3, -0.25) is 19.1 Å². The van der Waals surface area contributed by atoms with Crippen molar-refractivity contribution >= 4 is 21.8 Å². The number of H-pyrrole nitrogens is 1. The second-order valence-electron chi connectivity index (χ2n) is 6.70. The topological polar surface area (TPSA) is 102 Å². The molecule has 0 aliphatic rings. The molecule has 1 aromatic heterocycles. The lowest BCUT2D eigenvalue weighted by Gasteiger charge is -2.15. The Labute approximate surface area is 193 Å². The van der Waals surface area contributed by atoms with E-state index in [-0.39, 0.29) is 31.1 Å². The SMILES string of the molecule is O=C(NCc1ccc(Br)cc1OC(F)(F)F)c1cc(=O)[nH]c(=O)n1COCc1ccccc1. The van der Waals surface area contributed by atoms with E-state index in [1.165, 1.54) is 12.1 Å². The van der Waals surface area contributed by atoms with E-state index in [0.717, 1.165) is 22.3 Å². The highest BCUT2D eigenvalue weighted by atomic mass is 79.9. The summed E-state index contributed by atoms with van der Waals surface area (Å²) in [6.07, 6.45) is -4.93. The Bertz CT molecular complexity index is 1240. The van der Waals surface area contributed by atoms with Crippen molar-refractivity contribution < 1.29 is 27.4 Å². The van der Waals surface area contributed by atoms with Gasteiger partial charge in [-0.2, -0.15) is 0 Å². The summed E-state index contributed by atoms with van der Waals surface area (Å²) < 4.78 is 48.8. The van der Waals surface area contributed by atoms with E-state index in [9.17, 15) is 27.6 Å². The van der Waals surface area contributed by atoms with Crippen molar-refractivity contribution in [3.8, 4) is 5.75 Å². The highest BCUT2D eigenvalue weighted by Crippen LogP contribution is 2.29. The lowest BCUT2D eigenvalue weighted by Crippen LogP contribution is -2.37. The van der Waals surface area contributed by atoms with E-state index < -0.39 is 29.3 Å². The van der Waals surface area contributed by atoms with Gasteiger partial charge in [0.25, 0.3) is 11.5 Å². The number of hydrogen-bond donors (Lipinski definition) is 2. The number of benzene rings is 2. The smallest absolute Gasteiger partial charge is 0.405 e. The Morgan fingerprint density at radius 1 is 1.09 bits per heavy atom. The zero-order chi connectivity index (χ0) is 24.0. The number of nitrogens with one attached hydrogen (secondary N) is 2. The third-order valence-electron chi connectivity index (χ3n) is 4.29. The molecule has 0 bridgehead atoms. The highest BCUT2D eigenvalue weighted by molar-refractivity contribution is 9.10. The van der Waals surface area contributed by atoms with Crippen LogP contribution in [0.5, 0.6) is 5.75 Å². The van der Waals surface area contributed by atoms with Gasteiger partial charge in [-0.25, -0.2) is 4.79 Å². The van der Waals surface area contributed by atoms with Gasteiger partial charge in [-0.15, -0.1) is 13.2 Å². The summed E-state index contributed by atoms with van der Waals surface area (Å²) in [5.41, 5.74) is -1.14. The molecule has 174 valence electrons. The number of hydrogen-bond acceptors (Lipinski definition) is 5. The standard InChI is InChI=1S/C21H17BrF3N3O5/c22-15-7-6-14(17(8-15)33-21(23,24)25)10-26-19(30)16-9-18(29)27-20(31)28(16)12-32-11-13-4-2-1-3-5-13/h1-9H,10-12H2,(H,26,30)(H,27,29,31). The molecule has 0 aliphatic heterocycles. The number of carbonyl (C=O) groups excluding carboxylic acids is 1. The number of halogens is 4. The first-order valence-electron chi connectivity index (χ1n) is 9.40. The molecule has 12 heteroatoms. The van der Waals surface area contributed by atoms with Crippen LogP contribution in [0.1, 0.15) is 21.6 Å². The van der Waals surface area contributed by atoms with Crippen molar-refractivity contribution in [2.75, 3.05) is 0 Å². The van der Waals surface area contributed by atoms with Crippen molar-refractivity contribution in [1.82, 2.24) is 14.9 Å². The molecule has 3 rings (SSSR count). The average molecular weight is 528 g/mol. The summed E-state index contributed by atoms with van der Waals surface area (Å²) in [6.45, 7) is -0.554. The number of aromatic nitrogens is 2. The Kier molecular flexibility index (Phi) is 7.71. The molecular weight excluding hydrogens is 511 g/mol. The minimum Gasteiger partial charge on any atom is -0.405 e. The molecule has 2 N–H and O–H groups in total. The lowest BCUT2D eigenvalue weighted by molar-refractivity contribution is -0.274. The monoisotopic (exact) mass is 527 g/mol. The molecule has 0 radical (unpaired) electrons. The molecule has 3 aromatic rings. The second kappa shape index (κ2) is 10.5. The molecule has 0 fully saturated rings. The maximum absolute atomic E-state index is 12.7. The van der Waals surface area contributed by atoms with Crippen LogP contribution in [0.2, 0.25) is 0 Å². The number of aromatic amines is 1. The zero-order valence-corrected chi connectivity index (χ0v) is 18.4. The molecule has 0 saturated carbocycles. The maximum atomic E-state index is 12.7. The van der Waals surface area contributed by atoms with Gasteiger partial charge in [0.2, 0.25) is 0 Å². The van der Waals surface area contributed by atoms with Gasteiger partial charge in [0.15, 0.2) is 0 Å². The fourth-order valence-corrected chi connectivity index (χ4v) is 3.17. The third-order valence-corrected chi connectivity index (χ3v) is 4.79. The molecule has 1 heterocycles. The van der Waals surface area contributed by atoms with Gasteiger partial charge in [-0.1, -0.05) is 52.3 Å². The number of carbonyl (C=O) groups is 1. The lowest BCUT2D eigenvalue weighted by atomic mass is 10.2. The number of alkyl halides is 3. The summed E-state index contributed by atoms with van der Waals surface area (Å²) in [6, 6.07) is 13.9. The van der Waals surface area contributed by atoms with E-state index in [1.807, 2.05) is 35.3 Å². The Morgan fingerprint density at radius 3 is 2.52 bits per heavy atom. The van der Waals surface area contributed by atoms with E-state index in [4.69, 9.17) is 4.74 Å². The molecule has 1 amide bonds. The van der Waals surface area contributed by atoms with E-state index in [2.05, 4.69) is 26.0 Å². The van der Waals surface area contributed by atoms with Gasteiger partial charge in [0.05, 0.1) is 6.61 Å². The number of amides is 1. The van der Waals surface area contributed by atoms with Crippen LogP contribution in [0, 0.1) is 0 Å². The van der Waals surface area contributed by atoms with Crippen LogP contribution >= 0.6 is 15.9 Å². The first-order valence-corrected chi connectivity index (χ1v) is 10.2. The van der Waals surface area contributed by atoms with Gasteiger partial charge in [0.1, 0.15) is 18.2 Å². The molecule has 0 aliphatic carbocycles. The summed E-state index contributed by atoms with van der Waals surface area (Å²) in [4.78, 5) is 38.7. The zero-order valence-electron chi connectivity index (χ0n) is 16.8. The summed E-state index contributed by atoms with van der Waals surface area (Å²) in [5.74, 6) is -1.37. The minimum absolute atomic E-state index is 0.0305. The molecule has 0 unspecified atom stereocenters. The normalized spacial score (nSPS) is 11.3. The van der Waals surface area contributed by atoms with Crippen LogP contribution in [-0.4, -0.2) is 21.8 Å². The summed E-state index contributed by atoms with van der Waals surface area (Å²) >= 11 is 3.06. The average Bonchev–Trinajstić information content (AvgIpc) is 2.74. The molecule has 0 saturated heterocycles. The van der Waals surface area contributed by atoms with E-state index in [0.29, 0.717) is 4.47 Å². The first-order chi connectivity index (χ1) is 15.6. The van der Waals surface area contributed by atoms with Crippen LogP contribution in [0.15, 0.2) is 68.7 Å². The Balaban J connectivity index is 1.76. The molecule has 0 spiro atoms. The predicted molar refractivity (Wildman–Crippen MR) is 115 cm³/mol. The van der Waals surface area contributed by atoms with Gasteiger partial charge in [0, 0.05) is 22.6 Å². The van der Waals surface area contributed by atoms with Crippen molar-refractivity contribution in [2.45, 2.75) is 26.2 Å². The fraction of sp³-hybridized carbons (Fsp3) is 0.190. The third kappa shape index (κ3) is 7.05. The first kappa shape index (κ1) is 24.3. The summed E-state index contributed by atoms with van der Waals surface area (Å²) in [7, 11) is 0. The highest BCUT2D eigenvalue weighted by Gasteiger charge is 2.32. The Hall–Kier alpha value is -3.38. The maximum Gasteiger partial charge on any atom is 0.573 e. The number of ether oxygens (including phenoxy) is 2. The van der Waals surface area contributed by atoms with Crippen LogP contribution in [0.3, 0.4) is 0 Å². The Morgan fingerprint density at radius 2 is 1.82 bits per heavy atom. The van der Waals surface area contributed by atoms with Crippen molar-refractivity contribution in [1.29, 1.82) is 0 Å². The number of rotatable bonds is 8. The van der Waals surface area contributed by atoms with Crippen molar-refractivity contribution in [2.24, 2.45) is 0 Å². The fourth-order valence-electron chi connectivity index (χ4n) is 2.83. The van der Waals surface area contributed by atoms with Crippen LogP contribution < -0.4 is 21.3 Å². The molecule has 8 nitrogen and oxygen atoms in total. The van der Waals surface area contributed by atoms with Gasteiger partial charge >= 0.3 is 12.1 Å². The van der Waals surface area contributed by atoms with Crippen molar-refractivity contribution in [3.05, 3.63) is 96.7 Å². The van der Waals surface area contributed by atoms with E-state index >= 15 is 0 Å². The number of nitrogens with zero attached hydrogens (tertiary/aromatic N) is 1. The van der Waals surface area contributed by atoms with Crippen molar-refractivity contribution in [3.63, 3.8) is 0 Å². The van der Waals surface area contributed by atoms with Gasteiger partial charge < -0.3 is 14.8 Å². The second-order valence-corrected chi connectivity index (χ2v) is 7.61. The van der Waals surface area contributed by atoms with Crippen LogP contribution in [0.25, 0.3) is 0 Å². The molecule has 33 heavy (non-hydrogen) atoms. The van der Waals surface area contributed by atoms with Crippen LogP contribution in [-0.2, 0) is 24.6 Å².